The second-order valence-electron chi connectivity index (χ2n) is 5.04. The van der Waals surface area contributed by atoms with E-state index in [0.29, 0.717) is 12.0 Å². The van der Waals surface area contributed by atoms with Crippen LogP contribution in [0.25, 0.3) is 6.08 Å². The van der Waals surface area contributed by atoms with E-state index in [2.05, 4.69) is 4.72 Å². The Morgan fingerprint density at radius 1 is 1.09 bits per heavy atom. The number of benzene rings is 2. The summed E-state index contributed by atoms with van der Waals surface area (Å²) in [4.78, 5) is 11.5. The number of allylic oxidation sites excluding steroid dienone is 1. The van der Waals surface area contributed by atoms with Crippen molar-refractivity contribution in [2.75, 3.05) is 0 Å². The van der Waals surface area contributed by atoms with E-state index in [0.717, 1.165) is 5.56 Å². The van der Waals surface area contributed by atoms with Gasteiger partial charge in [-0.25, -0.2) is 13.1 Å². The van der Waals surface area contributed by atoms with Gasteiger partial charge < -0.3 is 0 Å². The minimum Gasteiger partial charge on any atom is -0.295 e. The highest BCUT2D eigenvalue weighted by Gasteiger charge is 2.13. The van der Waals surface area contributed by atoms with E-state index in [4.69, 9.17) is 0 Å². The Morgan fingerprint density at radius 3 is 2.52 bits per heavy atom. The quantitative estimate of drug-likeness (QED) is 0.794. The highest BCUT2D eigenvalue weighted by Crippen LogP contribution is 2.13. The van der Waals surface area contributed by atoms with Crippen molar-refractivity contribution in [3.63, 3.8) is 0 Å². The summed E-state index contributed by atoms with van der Waals surface area (Å²) < 4.78 is 27.3. The average molecular weight is 329 g/mol. The minimum atomic E-state index is -3.59. The van der Waals surface area contributed by atoms with Gasteiger partial charge in [0.05, 0.1) is 4.90 Å². The van der Waals surface area contributed by atoms with Crippen LogP contribution in [0.1, 0.15) is 24.5 Å². The van der Waals surface area contributed by atoms with E-state index >= 15 is 0 Å². The minimum absolute atomic E-state index is 0.000429. The van der Waals surface area contributed by atoms with E-state index in [1.54, 1.807) is 31.2 Å². The molecule has 0 aromatic heterocycles. The molecule has 0 saturated carbocycles. The summed E-state index contributed by atoms with van der Waals surface area (Å²) in [5, 5.41) is 0. The number of hydrogen-bond acceptors (Lipinski definition) is 3. The first kappa shape index (κ1) is 17.1. The monoisotopic (exact) mass is 329 g/mol. The summed E-state index contributed by atoms with van der Waals surface area (Å²) in [5.41, 5.74) is 1.56. The summed E-state index contributed by atoms with van der Waals surface area (Å²) in [6.45, 7) is 2.01. The molecule has 120 valence electrons. The van der Waals surface area contributed by atoms with Crippen molar-refractivity contribution in [2.45, 2.75) is 24.8 Å². The van der Waals surface area contributed by atoms with Gasteiger partial charge in [0, 0.05) is 13.0 Å². The van der Waals surface area contributed by atoms with E-state index in [1.807, 2.05) is 30.3 Å². The van der Waals surface area contributed by atoms with Gasteiger partial charge in [-0.1, -0.05) is 55.5 Å². The molecule has 0 spiro atoms. The standard InChI is InChI=1S/C18H19NO3S/c1-2-17(20)12-11-15-9-6-10-18(13-15)23(21,22)19-14-16-7-4-3-5-8-16/h3-13,19H,2,14H2,1H3/b12-11+. The van der Waals surface area contributed by atoms with Crippen molar-refractivity contribution < 1.29 is 13.2 Å². The molecule has 1 N–H and O–H groups in total. The summed E-state index contributed by atoms with van der Waals surface area (Å²) in [7, 11) is -3.59. The number of nitrogens with one attached hydrogen (secondary N) is 1. The van der Waals surface area contributed by atoms with Crippen LogP contribution in [-0.4, -0.2) is 14.2 Å². The molecular weight excluding hydrogens is 310 g/mol. The second-order valence-corrected chi connectivity index (χ2v) is 6.80. The lowest BCUT2D eigenvalue weighted by Crippen LogP contribution is -2.23. The highest BCUT2D eigenvalue weighted by molar-refractivity contribution is 7.89. The predicted molar refractivity (Wildman–Crippen MR) is 91.2 cm³/mol. The molecule has 0 aliphatic carbocycles. The van der Waals surface area contributed by atoms with Crippen molar-refractivity contribution in [1.82, 2.24) is 4.72 Å². The number of hydrogen-bond donors (Lipinski definition) is 1. The largest absolute Gasteiger partial charge is 0.295 e. The molecule has 0 fully saturated rings. The van der Waals surface area contributed by atoms with Crippen LogP contribution in [0, 0.1) is 0 Å². The van der Waals surface area contributed by atoms with Crippen LogP contribution in [0.2, 0.25) is 0 Å². The molecule has 0 aliphatic heterocycles. The van der Waals surface area contributed by atoms with Crippen molar-refractivity contribution in [1.29, 1.82) is 0 Å². The molecule has 0 radical (unpaired) electrons. The Hall–Kier alpha value is -2.24. The van der Waals surface area contributed by atoms with Crippen molar-refractivity contribution in [2.24, 2.45) is 0 Å². The lowest BCUT2D eigenvalue weighted by Gasteiger charge is -2.07. The topological polar surface area (TPSA) is 63.2 Å². The van der Waals surface area contributed by atoms with Gasteiger partial charge in [-0.15, -0.1) is 0 Å². The average Bonchev–Trinajstić information content (AvgIpc) is 2.59. The van der Waals surface area contributed by atoms with Crippen LogP contribution >= 0.6 is 0 Å². The molecular formula is C18H19NO3S. The van der Waals surface area contributed by atoms with E-state index < -0.39 is 10.0 Å². The van der Waals surface area contributed by atoms with Crippen molar-refractivity contribution >= 4 is 21.9 Å². The SMILES string of the molecule is CCC(=O)/C=C/c1cccc(S(=O)(=O)NCc2ccccc2)c1. The maximum absolute atomic E-state index is 12.3. The summed E-state index contributed by atoms with van der Waals surface area (Å²) in [6.07, 6.45) is 3.51. The smallest absolute Gasteiger partial charge is 0.240 e. The first-order valence-electron chi connectivity index (χ1n) is 7.36. The normalized spacial score (nSPS) is 11.7. The van der Waals surface area contributed by atoms with Crippen LogP contribution in [0.3, 0.4) is 0 Å². The third kappa shape index (κ3) is 5.16. The van der Waals surface area contributed by atoms with Gasteiger partial charge in [0.2, 0.25) is 10.0 Å². The van der Waals surface area contributed by atoms with E-state index in [9.17, 15) is 13.2 Å². The third-order valence-electron chi connectivity index (χ3n) is 3.29. The molecule has 2 aromatic rings. The molecule has 2 aromatic carbocycles. The molecule has 0 unspecified atom stereocenters. The molecule has 23 heavy (non-hydrogen) atoms. The Balaban J connectivity index is 2.13. The molecule has 4 nitrogen and oxygen atoms in total. The first-order valence-corrected chi connectivity index (χ1v) is 8.84. The number of sulfonamides is 1. The first-order chi connectivity index (χ1) is 11.0. The molecule has 2 rings (SSSR count). The van der Waals surface area contributed by atoms with Crippen molar-refractivity contribution in [3.8, 4) is 0 Å². The molecule has 5 heteroatoms. The van der Waals surface area contributed by atoms with Gasteiger partial charge >= 0.3 is 0 Å². The zero-order chi connectivity index (χ0) is 16.7. The fourth-order valence-electron chi connectivity index (χ4n) is 1.95. The molecule has 0 amide bonds. The van der Waals surface area contributed by atoms with Crippen LogP contribution in [-0.2, 0) is 21.4 Å². The molecule has 0 heterocycles. The Morgan fingerprint density at radius 2 is 1.83 bits per heavy atom. The number of ketones is 1. The lowest BCUT2D eigenvalue weighted by molar-refractivity contribution is -0.114. The Labute approximate surface area is 136 Å². The van der Waals surface area contributed by atoms with E-state index in [-0.39, 0.29) is 17.2 Å². The van der Waals surface area contributed by atoms with Crippen LogP contribution in [0.4, 0.5) is 0 Å². The highest BCUT2D eigenvalue weighted by atomic mass is 32.2. The van der Waals surface area contributed by atoms with Crippen molar-refractivity contribution in [3.05, 3.63) is 71.8 Å². The van der Waals surface area contributed by atoms with Crippen LogP contribution < -0.4 is 4.72 Å². The number of rotatable bonds is 7. The van der Waals surface area contributed by atoms with Crippen LogP contribution in [0.5, 0.6) is 0 Å². The summed E-state index contributed by atoms with van der Waals surface area (Å²) in [5.74, 6) is 0.000429. The summed E-state index contributed by atoms with van der Waals surface area (Å²) >= 11 is 0. The third-order valence-corrected chi connectivity index (χ3v) is 4.69. The molecule has 0 atom stereocenters. The number of carbonyl (C=O) groups excluding carboxylic acids is 1. The van der Waals surface area contributed by atoms with Gasteiger partial charge in [-0.2, -0.15) is 0 Å². The van der Waals surface area contributed by atoms with Crippen LogP contribution in [0.15, 0.2) is 65.6 Å². The summed E-state index contributed by atoms with van der Waals surface area (Å²) in [6, 6.07) is 15.8. The predicted octanol–water partition coefficient (Wildman–Crippen LogP) is 3.16. The molecule has 0 bridgehead atoms. The molecule has 0 aliphatic rings. The zero-order valence-corrected chi connectivity index (χ0v) is 13.7. The lowest BCUT2D eigenvalue weighted by atomic mass is 10.2. The second kappa shape index (κ2) is 7.85. The fraction of sp³-hybridized carbons (Fsp3) is 0.167. The van der Waals surface area contributed by atoms with Gasteiger partial charge in [-0.3, -0.25) is 4.79 Å². The van der Waals surface area contributed by atoms with Gasteiger partial charge in [-0.05, 0) is 29.3 Å². The van der Waals surface area contributed by atoms with E-state index in [1.165, 1.54) is 12.1 Å². The maximum atomic E-state index is 12.3. The molecule has 0 saturated heterocycles. The van der Waals surface area contributed by atoms with Gasteiger partial charge in [0.15, 0.2) is 5.78 Å². The Kier molecular flexibility index (Phi) is 5.84. The fourth-order valence-corrected chi connectivity index (χ4v) is 3.02. The van der Waals surface area contributed by atoms with Gasteiger partial charge in [0.25, 0.3) is 0 Å². The van der Waals surface area contributed by atoms with Gasteiger partial charge in [0.1, 0.15) is 0 Å². The Bertz CT molecular complexity index is 796. The zero-order valence-electron chi connectivity index (χ0n) is 12.9. The number of carbonyl (C=O) groups is 1. The maximum Gasteiger partial charge on any atom is 0.240 e.